The Bertz CT molecular complexity index is 494. The highest BCUT2D eigenvalue weighted by Crippen LogP contribution is 2.30. The fourth-order valence-electron chi connectivity index (χ4n) is 1.70. The van der Waals surface area contributed by atoms with E-state index in [-0.39, 0.29) is 23.6 Å². The van der Waals surface area contributed by atoms with Crippen molar-refractivity contribution in [2.75, 3.05) is 24.6 Å². The van der Waals surface area contributed by atoms with Gasteiger partial charge in [-0.2, -0.15) is 13.2 Å². The Balaban J connectivity index is 3.29. The Kier molecular flexibility index (Phi) is 5.63. The van der Waals surface area contributed by atoms with Crippen LogP contribution in [0.4, 0.5) is 18.9 Å². The maximum Gasteiger partial charge on any atom is 0.405 e. The number of aliphatic hydroxyl groups is 1. The SMILES string of the molecule is N/C(=N/O)c1c(Br)cccc1N(CCO)CC(F)(F)F. The molecule has 5 nitrogen and oxygen atoms in total. The topological polar surface area (TPSA) is 82.1 Å². The lowest BCUT2D eigenvalue weighted by Gasteiger charge is -2.27. The monoisotopic (exact) mass is 355 g/mol. The molecule has 0 aromatic heterocycles. The summed E-state index contributed by atoms with van der Waals surface area (Å²) in [5.74, 6) is -0.322. The van der Waals surface area contributed by atoms with E-state index in [0.29, 0.717) is 4.47 Å². The molecule has 112 valence electrons. The third-order valence-electron chi connectivity index (χ3n) is 2.44. The summed E-state index contributed by atoms with van der Waals surface area (Å²) in [6, 6.07) is 4.48. The van der Waals surface area contributed by atoms with Gasteiger partial charge < -0.3 is 20.9 Å². The van der Waals surface area contributed by atoms with E-state index in [1.54, 1.807) is 6.07 Å². The van der Waals surface area contributed by atoms with Crippen LogP contribution in [0.15, 0.2) is 27.8 Å². The second-order valence-corrected chi connectivity index (χ2v) is 4.73. The van der Waals surface area contributed by atoms with Gasteiger partial charge in [0.05, 0.1) is 12.2 Å². The maximum absolute atomic E-state index is 12.6. The van der Waals surface area contributed by atoms with Gasteiger partial charge >= 0.3 is 6.18 Å². The van der Waals surface area contributed by atoms with Crippen LogP contribution in [0.25, 0.3) is 0 Å². The van der Waals surface area contributed by atoms with Crippen LogP contribution in [0.1, 0.15) is 5.56 Å². The molecule has 4 N–H and O–H groups in total. The smallest absolute Gasteiger partial charge is 0.405 e. The quantitative estimate of drug-likeness (QED) is 0.326. The number of hydrogen-bond donors (Lipinski definition) is 3. The first-order chi connectivity index (χ1) is 9.30. The predicted molar refractivity (Wildman–Crippen MR) is 72.0 cm³/mol. The highest BCUT2D eigenvalue weighted by Gasteiger charge is 2.32. The van der Waals surface area contributed by atoms with Crippen LogP contribution in [0.2, 0.25) is 0 Å². The Hall–Kier alpha value is -1.48. The second kappa shape index (κ2) is 6.80. The summed E-state index contributed by atoms with van der Waals surface area (Å²) in [7, 11) is 0. The van der Waals surface area contributed by atoms with Crippen molar-refractivity contribution < 1.29 is 23.5 Å². The fraction of sp³-hybridized carbons (Fsp3) is 0.364. The summed E-state index contributed by atoms with van der Waals surface area (Å²) < 4.78 is 38.1. The minimum Gasteiger partial charge on any atom is -0.409 e. The molecule has 0 spiro atoms. The van der Waals surface area contributed by atoms with Crippen molar-refractivity contribution in [1.29, 1.82) is 0 Å². The van der Waals surface area contributed by atoms with Gasteiger partial charge in [-0.05, 0) is 28.1 Å². The summed E-state index contributed by atoms with van der Waals surface area (Å²) in [5.41, 5.74) is 5.74. The zero-order chi connectivity index (χ0) is 15.3. The summed E-state index contributed by atoms with van der Waals surface area (Å²) in [6.07, 6.45) is -4.44. The summed E-state index contributed by atoms with van der Waals surface area (Å²) >= 11 is 3.15. The maximum atomic E-state index is 12.6. The summed E-state index contributed by atoms with van der Waals surface area (Å²) in [6.45, 7) is -1.95. The largest absolute Gasteiger partial charge is 0.409 e. The molecule has 0 aliphatic carbocycles. The molecule has 1 aromatic rings. The van der Waals surface area contributed by atoms with Crippen molar-refractivity contribution in [3.05, 3.63) is 28.2 Å². The minimum absolute atomic E-state index is 0.112. The van der Waals surface area contributed by atoms with E-state index in [9.17, 15) is 13.2 Å². The van der Waals surface area contributed by atoms with E-state index in [0.717, 1.165) is 4.90 Å². The van der Waals surface area contributed by atoms with E-state index in [2.05, 4.69) is 21.1 Å². The van der Waals surface area contributed by atoms with Crippen molar-refractivity contribution in [2.24, 2.45) is 10.9 Å². The van der Waals surface area contributed by atoms with E-state index in [1.165, 1.54) is 12.1 Å². The average Bonchev–Trinajstić information content (AvgIpc) is 2.35. The molecule has 0 atom stereocenters. The molecule has 9 heteroatoms. The first kappa shape index (κ1) is 16.6. The molecule has 0 amide bonds. The minimum atomic E-state index is -4.44. The predicted octanol–water partition coefficient (Wildman–Crippen LogP) is 1.90. The second-order valence-electron chi connectivity index (χ2n) is 3.88. The standard InChI is InChI=1S/C11H13BrF3N3O2/c12-7-2-1-3-8(9(7)10(16)17-20)18(4-5-19)6-11(13,14)15/h1-3,19-20H,4-6H2,(H2,16,17). The summed E-state index contributed by atoms with van der Waals surface area (Å²) in [4.78, 5) is 0.915. The van der Waals surface area contributed by atoms with Crippen LogP contribution in [0.5, 0.6) is 0 Å². The Morgan fingerprint density at radius 2 is 2.05 bits per heavy atom. The molecule has 0 saturated heterocycles. The molecule has 0 bridgehead atoms. The van der Waals surface area contributed by atoms with Crippen molar-refractivity contribution >= 4 is 27.5 Å². The number of amidine groups is 1. The van der Waals surface area contributed by atoms with Crippen molar-refractivity contribution in [2.45, 2.75) is 6.18 Å². The lowest BCUT2D eigenvalue weighted by molar-refractivity contribution is -0.119. The molecule has 0 aliphatic rings. The molecular weight excluding hydrogens is 343 g/mol. The number of nitrogens with zero attached hydrogens (tertiary/aromatic N) is 2. The number of benzene rings is 1. The van der Waals surface area contributed by atoms with Gasteiger partial charge in [0.25, 0.3) is 0 Å². The number of hydrogen-bond acceptors (Lipinski definition) is 4. The number of anilines is 1. The molecule has 0 saturated carbocycles. The van der Waals surface area contributed by atoms with E-state index in [4.69, 9.17) is 16.0 Å². The number of halogens is 4. The van der Waals surface area contributed by atoms with Crippen molar-refractivity contribution in [1.82, 2.24) is 0 Å². The van der Waals surface area contributed by atoms with Gasteiger partial charge in [0.2, 0.25) is 0 Å². The Labute approximate surface area is 121 Å². The first-order valence-corrected chi connectivity index (χ1v) is 6.28. The van der Waals surface area contributed by atoms with E-state index in [1.807, 2.05) is 0 Å². The van der Waals surface area contributed by atoms with Crippen LogP contribution >= 0.6 is 15.9 Å². The molecule has 1 aromatic carbocycles. The zero-order valence-electron chi connectivity index (χ0n) is 10.2. The van der Waals surface area contributed by atoms with Gasteiger partial charge in [0.1, 0.15) is 6.54 Å². The average molecular weight is 356 g/mol. The van der Waals surface area contributed by atoms with Gasteiger partial charge in [-0.1, -0.05) is 11.2 Å². The Morgan fingerprint density at radius 3 is 2.55 bits per heavy atom. The Morgan fingerprint density at radius 1 is 1.40 bits per heavy atom. The van der Waals surface area contributed by atoms with Gasteiger partial charge in [-0.25, -0.2) is 0 Å². The third-order valence-corrected chi connectivity index (χ3v) is 3.10. The third kappa shape index (κ3) is 4.27. The van der Waals surface area contributed by atoms with E-state index < -0.39 is 19.3 Å². The van der Waals surface area contributed by atoms with Crippen LogP contribution in [-0.4, -0.2) is 42.0 Å². The molecule has 1 rings (SSSR count). The molecular formula is C11H13BrF3N3O2. The molecule has 0 aliphatic heterocycles. The van der Waals surface area contributed by atoms with Crippen LogP contribution in [-0.2, 0) is 0 Å². The zero-order valence-corrected chi connectivity index (χ0v) is 11.8. The number of rotatable bonds is 5. The fourth-order valence-corrected chi connectivity index (χ4v) is 2.26. The van der Waals surface area contributed by atoms with Crippen LogP contribution < -0.4 is 10.6 Å². The highest BCUT2D eigenvalue weighted by molar-refractivity contribution is 9.10. The molecule has 0 heterocycles. The lowest BCUT2D eigenvalue weighted by Crippen LogP contribution is -2.37. The number of nitrogens with two attached hydrogens (primary N) is 1. The van der Waals surface area contributed by atoms with Gasteiger partial charge in [-0.3, -0.25) is 0 Å². The normalized spacial score (nSPS) is 12.6. The lowest BCUT2D eigenvalue weighted by atomic mass is 10.1. The van der Waals surface area contributed by atoms with Crippen molar-refractivity contribution in [3.8, 4) is 0 Å². The number of alkyl halides is 3. The van der Waals surface area contributed by atoms with Crippen LogP contribution in [0, 0.1) is 0 Å². The molecule has 0 radical (unpaired) electrons. The van der Waals surface area contributed by atoms with Gasteiger partial charge in [0.15, 0.2) is 5.84 Å². The molecule has 20 heavy (non-hydrogen) atoms. The van der Waals surface area contributed by atoms with Crippen molar-refractivity contribution in [3.63, 3.8) is 0 Å². The summed E-state index contributed by atoms with van der Waals surface area (Å²) in [5, 5.41) is 20.5. The first-order valence-electron chi connectivity index (χ1n) is 5.49. The van der Waals surface area contributed by atoms with Gasteiger partial charge in [-0.15, -0.1) is 0 Å². The van der Waals surface area contributed by atoms with Crippen LogP contribution in [0.3, 0.4) is 0 Å². The molecule has 0 unspecified atom stereocenters. The number of aliphatic hydroxyl groups excluding tert-OH is 1. The number of oxime groups is 1. The highest BCUT2D eigenvalue weighted by atomic mass is 79.9. The molecule has 0 fully saturated rings. The van der Waals surface area contributed by atoms with E-state index >= 15 is 0 Å². The van der Waals surface area contributed by atoms with Gasteiger partial charge in [0, 0.05) is 16.7 Å².